The lowest BCUT2D eigenvalue weighted by Gasteiger charge is -2.37. The van der Waals surface area contributed by atoms with Crippen molar-refractivity contribution in [2.45, 2.75) is 62.7 Å². The fourth-order valence-corrected chi connectivity index (χ4v) is 15.4. The van der Waals surface area contributed by atoms with Crippen LogP contribution in [-0.4, -0.2) is 0 Å². The number of hydrogen-bond donors (Lipinski definition) is 0. The summed E-state index contributed by atoms with van der Waals surface area (Å²) < 4.78 is 0. The van der Waals surface area contributed by atoms with Crippen molar-refractivity contribution in [3.63, 3.8) is 0 Å². The van der Waals surface area contributed by atoms with Crippen LogP contribution >= 0.6 is 0 Å². The van der Waals surface area contributed by atoms with Crippen LogP contribution in [0.1, 0.15) is 85.4 Å². The number of fused-ring (bicyclic) bond motifs is 14. The highest BCUT2D eigenvalue weighted by Gasteiger charge is 2.57. The number of nitrogens with zero attached hydrogens (tertiary/aromatic N) is 1. The van der Waals surface area contributed by atoms with Gasteiger partial charge in [-0.3, -0.25) is 0 Å². The molecule has 1 nitrogen and oxygen atoms in total. The van der Waals surface area contributed by atoms with Crippen LogP contribution < -0.4 is 4.90 Å². The largest absolute Gasteiger partial charge is 0.310 e. The molecule has 0 heterocycles. The summed E-state index contributed by atoms with van der Waals surface area (Å²) in [5.74, 6) is 1.50. The van der Waals surface area contributed by atoms with Gasteiger partial charge in [-0.25, -0.2) is 0 Å². The van der Waals surface area contributed by atoms with Crippen molar-refractivity contribution < 1.29 is 0 Å². The average Bonchev–Trinajstić information content (AvgIpc) is 4.29. The lowest BCUT2D eigenvalue weighted by molar-refractivity contribution is 0.327. The summed E-state index contributed by atoms with van der Waals surface area (Å²) >= 11 is 0. The molecule has 0 aliphatic heterocycles. The summed E-state index contributed by atoms with van der Waals surface area (Å²) in [6, 6.07) is 87.6. The molecular weight excluding hydrogens is 879 g/mol. The summed E-state index contributed by atoms with van der Waals surface area (Å²) in [6.45, 7) is 7.19. The van der Waals surface area contributed by atoms with Crippen LogP contribution in [0.5, 0.6) is 0 Å². The van der Waals surface area contributed by atoms with E-state index in [1.165, 1.54) is 132 Å². The number of hydrogen-bond acceptors (Lipinski definition) is 1. The van der Waals surface area contributed by atoms with E-state index in [1.807, 2.05) is 0 Å². The third kappa shape index (κ3) is 6.03. The molecule has 2 fully saturated rings. The van der Waals surface area contributed by atoms with Gasteiger partial charge in [-0.05, 0) is 186 Å². The Bertz CT molecular complexity index is 3860. The normalized spacial score (nSPS) is 20.8. The van der Waals surface area contributed by atoms with Crippen LogP contribution in [0.2, 0.25) is 0 Å². The molecule has 2 saturated carbocycles. The van der Waals surface area contributed by atoms with E-state index >= 15 is 0 Å². The van der Waals surface area contributed by atoms with Gasteiger partial charge in [0.2, 0.25) is 0 Å². The topological polar surface area (TPSA) is 3.24 Å². The molecular formula is C72H57N. The zero-order valence-corrected chi connectivity index (χ0v) is 41.9. The molecule has 2 bridgehead atoms. The molecule has 350 valence electrons. The van der Waals surface area contributed by atoms with Gasteiger partial charge in [0.1, 0.15) is 0 Å². The lowest BCUT2D eigenvalue weighted by atomic mass is 9.67. The maximum Gasteiger partial charge on any atom is 0.0465 e. The summed E-state index contributed by atoms with van der Waals surface area (Å²) in [4.78, 5) is 2.51. The first-order valence-corrected chi connectivity index (χ1v) is 26.7. The standard InChI is InChI=1S/C72H57N/c1-70(2)64-25-12-9-22-59(64)63-24-15-23-62(69(63)70)56-19-8-7-18-55(56)48-31-37-53(38-32-48)73(54-39-41-61-58-21-11-14-27-66(58)72(68(61)44-54)45-46-28-34-51(72)42-46)52-35-29-47(30-36-52)49-33-40-60-57-20-10-13-26-65(57)71(3,67(60)43-49)50-16-5-4-6-17-50/h4-27,29-33,35-41,43-44,46,51H,28,34,42,45H2,1-3H3. The minimum Gasteiger partial charge on any atom is -0.310 e. The van der Waals surface area contributed by atoms with Crippen LogP contribution in [0, 0.1) is 11.8 Å². The molecule has 1 heteroatoms. The molecule has 15 rings (SSSR count). The van der Waals surface area contributed by atoms with Gasteiger partial charge < -0.3 is 4.90 Å². The third-order valence-electron chi connectivity index (χ3n) is 18.6. The van der Waals surface area contributed by atoms with Gasteiger partial charge in [-0.15, -0.1) is 0 Å². The predicted molar refractivity (Wildman–Crippen MR) is 304 cm³/mol. The molecule has 4 atom stereocenters. The van der Waals surface area contributed by atoms with Crippen molar-refractivity contribution in [2.75, 3.05) is 4.90 Å². The fourth-order valence-electron chi connectivity index (χ4n) is 15.4. The third-order valence-corrected chi connectivity index (χ3v) is 18.6. The molecule has 1 spiro atoms. The maximum absolute atomic E-state index is 2.59. The second kappa shape index (κ2) is 15.7. The lowest BCUT2D eigenvalue weighted by Crippen LogP contribution is -2.32. The highest BCUT2D eigenvalue weighted by Crippen LogP contribution is 2.66. The Morgan fingerprint density at radius 1 is 0.356 bits per heavy atom. The molecule has 73 heavy (non-hydrogen) atoms. The van der Waals surface area contributed by atoms with Gasteiger partial charge >= 0.3 is 0 Å². The molecule has 0 radical (unpaired) electrons. The second-order valence-electron chi connectivity index (χ2n) is 22.5. The summed E-state index contributed by atoms with van der Waals surface area (Å²) in [7, 11) is 0. The average molecular weight is 936 g/mol. The van der Waals surface area contributed by atoms with E-state index in [1.54, 1.807) is 5.56 Å². The molecule has 5 aliphatic rings. The minimum absolute atomic E-state index is 0.0863. The molecule has 0 aromatic heterocycles. The zero-order chi connectivity index (χ0) is 48.6. The van der Waals surface area contributed by atoms with E-state index in [0.29, 0.717) is 5.92 Å². The molecule has 5 aliphatic carbocycles. The first kappa shape index (κ1) is 42.7. The monoisotopic (exact) mass is 935 g/mol. The Balaban J connectivity index is 0.845. The van der Waals surface area contributed by atoms with Crippen LogP contribution in [0.15, 0.2) is 231 Å². The van der Waals surface area contributed by atoms with Crippen molar-refractivity contribution >= 4 is 17.1 Å². The van der Waals surface area contributed by atoms with Gasteiger partial charge in [-0.2, -0.15) is 0 Å². The molecule has 0 saturated heterocycles. The van der Waals surface area contributed by atoms with Crippen molar-refractivity contribution in [1.29, 1.82) is 0 Å². The van der Waals surface area contributed by atoms with E-state index in [9.17, 15) is 0 Å². The predicted octanol–water partition coefficient (Wildman–Crippen LogP) is 18.9. The van der Waals surface area contributed by atoms with Crippen molar-refractivity contribution in [3.05, 3.63) is 269 Å². The Hall–Kier alpha value is -8.00. The quantitative estimate of drug-likeness (QED) is 0.154. The van der Waals surface area contributed by atoms with Gasteiger partial charge in [0.15, 0.2) is 0 Å². The first-order valence-electron chi connectivity index (χ1n) is 26.7. The number of benzene rings is 10. The van der Waals surface area contributed by atoms with Crippen molar-refractivity contribution in [1.82, 2.24) is 0 Å². The van der Waals surface area contributed by atoms with Crippen molar-refractivity contribution in [2.24, 2.45) is 11.8 Å². The first-order chi connectivity index (χ1) is 35.8. The smallest absolute Gasteiger partial charge is 0.0465 e. The van der Waals surface area contributed by atoms with Gasteiger partial charge in [0, 0.05) is 33.3 Å². The molecule has 0 N–H and O–H groups in total. The highest BCUT2D eigenvalue weighted by atomic mass is 15.1. The summed E-state index contributed by atoms with van der Waals surface area (Å²) in [5, 5.41) is 0. The number of anilines is 3. The Kier molecular flexibility index (Phi) is 9.20. The summed E-state index contributed by atoms with van der Waals surface area (Å²) in [5.41, 5.74) is 28.9. The van der Waals surface area contributed by atoms with E-state index in [2.05, 4.69) is 256 Å². The van der Waals surface area contributed by atoms with Gasteiger partial charge in [0.25, 0.3) is 0 Å². The second-order valence-corrected chi connectivity index (χ2v) is 22.5. The minimum atomic E-state index is -0.250. The highest BCUT2D eigenvalue weighted by molar-refractivity contribution is 5.94. The Labute approximate surface area is 430 Å². The molecule has 0 amide bonds. The fraction of sp³-hybridized carbons (Fsp3) is 0.167. The van der Waals surface area contributed by atoms with E-state index < -0.39 is 0 Å². The SMILES string of the molecule is CC1(C)c2ccccc2-c2cccc(-c3ccccc3-c3ccc(N(c4ccc(-c5ccc6c(c5)C(C)(c5ccccc5)c5ccccc5-6)cc4)c4ccc5c(c4)C4(CC6CCC4C6)c4ccccc4-5)cc3)c21. The van der Waals surface area contributed by atoms with Crippen LogP contribution in [0.4, 0.5) is 17.1 Å². The van der Waals surface area contributed by atoms with Crippen LogP contribution in [-0.2, 0) is 16.2 Å². The number of rotatable bonds is 7. The Morgan fingerprint density at radius 3 is 1.55 bits per heavy atom. The molecule has 10 aromatic carbocycles. The summed E-state index contributed by atoms with van der Waals surface area (Å²) in [6.07, 6.45) is 5.31. The molecule has 4 unspecified atom stereocenters. The van der Waals surface area contributed by atoms with E-state index in [0.717, 1.165) is 17.3 Å². The van der Waals surface area contributed by atoms with Gasteiger partial charge in [0.05, 0.1) is 0 Å². The van der Waals surface area contributed by atoms with E-state index in [-0.39, 0.29) is 16.2 Å². The van der Waals surface area contributed by atoms with Gasteiger partial charge in [-0.1, -0.05) is 208 Å². The van der Waals surface area contributed by atoms with Crippen LogP contribution in [0.25, 0.3) is 66.8 Å². The van der Waals surface area contributed by atoms with E-state index in [4.69, 9.17) is 0 Å². The van der Waals surface area contributed by atoms with Crippen molar-refractivity contribution in [3.8, 4) is 66.8 Å². The maximum atomic E-state index is 2.59. The Morgan fingerprint density at radius 2 is 0.863 bits per heavy atom. The molecule has 10 aromatic rings. The van der Waals surface area contributed by atoms with Crippen LogP contribution in [0.3, 0.4) is 0 Å². The zero-order valence-electron chi connectivity index (χ0n) is 41.9.